The fraction of sp³-hybridized carbons (Fsp3) is 0.200. The van der Waals surface area contributed by atoms with E-state index in [1.54, 1.807) is 0 Å². The predicted molar refractivity (Wildman–Crippen MR) is 105 cm³/mol. The first kappa shape index (κ1) is 16.9. The summed E-state index contributed by atoms with van der Waals surface area (Å²) >= 11 is 1.35. The molecule has 1 atom stereocenters. The molecule has 5 rings (SSSR count). The van der Waals surface area contributed by atoms with Crippen LogP contribution >= 0.6 is 11.3 Å². The van der Waals surface area contributed by atoms with Crippen molar-refractivity contribution in [3.8, 4) is 0 Å². The normalized spacial score (nSPS) is 20.6. The zero-order valence-corrected chi connectivity index (χ0v) is 15.6. The van der Waals surface area contributed by atoms with Crippen LogP contribution in [0.4, 0.5) is 9.93 Å². The molecule has 0 bridgehead atoms. The van der Waals surface area contributed by atoms with Crippen LogP contribution in [0.2, 0.25) is 0 Å². The largest absolute Gasteiger partial charge is 0.325 e. The van der Waals surface area contributed by atoms with Crippen molar-refractivity contribution in [1.29, 1.82) is 0 Å². The number of carbonyl (C=O) groups is 3. The Kier molecular flexibility index (Phi) is 3.70. The Morgan fingerprint density at radius 3 is 2.82 bits per heavy atom. The van der Waals surface area contributed by atoms with Crippen LogP contribution < -0.4 is 10.6 Å². The number of anilines is 1. The number of nitrogens with zero attached hydrogens (tertiary/aromatic N) is 2. The molecule has 1 aliphatic heterocycles. The molecule has 0 saturated carbocycles. The molecule has 2 aromatic carbocycles. The lowest BCUT2D eigenvalue weighted by Crippen LogP contribution is -2.42. The molecule has 28 heavy (non-hydrogen) atoms. The van der Waals surface area contributed by atoms with Crippen LogP contribution in [0.1, 0.15) is 17.5 Å². The summed E-state index contributed by atoms with van der Waals surface area (Å²) in [6.45, 7) is -0.343. The van der Waals surface area contributed by atoms with Crippen molar-refractivity contribution in [1.82, 2.24) is 15.2 Å². The number of urea groups is 1. The highest BCUT2D eigenvalue weighted by molar-refractivity contribution is 7.22. The second kappa shape index (κ2) is 6.13. The molecule has 1 aromatic heterocycles. The summed E-state index contributed by atoms with van der Waals surface area (Å²) in [6.07, 6.45) is 1.22. The van der Waals surface area contributed by atoms with E-state index >= 15 is 0 Å². The molecule has 8 heteroatoms. The average Bonchev–Trinajstić information content (AvgIpc) is 3.33. The standard InChI is InChI=1S/C20H16N4O3S/c25-16(22-18-21-14-7-3-4-8-15(14)28-18)11-24-17(26)20(23-19(24)27)10-9-12-5-1-2-6-13(12)20/h1-8H,9-11H2,(H,23,27)(H,21,22,25)/t20-/m0/s1. The highest BCUT2D eigenvalue weighted by Gasteiger charge is 2.55. The van der Waals surface area contributed by atoms with Crippen LogP contribution in [0.3, 0.4) is 0 Å². The number of para-hydroxylation sites is 1. The maximum Gasteiger partial charge on any atom is 0.325 e. The van der Waals surface area contributed by atoms with Gasteiger partial charge in [-0.15, -0.1) is 0 Å². The van der Waals surface area contributed by atoms with E-state index in [1.165, 1.54) is 11.3 Å². The molecular weight excluding hydrogens is 376 g/mol. The van der Waals surface area contributed by atoms with Crippen LogP contribution in [0.5, 0.6) is 0 Å². The van der Waals surface area contributed by atoms with Gasteiger partial charge < -0.3 is 10.6 Å². The zero-order chi connectivity index (χ0) is 19.3. The average molecular weight is 392 g/mol. The third-order valence-electron chi connectivity index (χ3n) is 5.26. The van der Waals surface area contributed by atoms with Crippen LogP contribution in [0.25, 0.3) is 10.2 Å². The van der Waals surface area contributed by atoms with Gasteiger partial charge in [-0.25, -0.2) is 9.78 Å². The lowest BCUT2D eigenvalue weighted by molar-refractivity contribution is -0.134. The maximum atomic E-state index is 13.1. The Labute approximate surface area is 164 Å². The van der Waals surface area contributed by atoms with E-state index in [0.29, 0.717) is 18.0 Å². The van der Waals surface area contributed by atoms with Gasteiger partial charge in [0.1, 0.15) is 12.1 Å². The van der Waals surface area contributed by atoms with Crippen molar-refractivity contribution >= 4 is 44.5 Å². The minimum absolute atomic E-state index is 0.343. The SMILES string of the molecule is O=C(CN1C(=O)N[C@]2(CCc3ccccc32)C1=O)Nc1nc2ccccc2s1. The Morgan fingerprint density at radius 2 is 1.96 bits per heavy atom. The van der Waals surface area contributed by atoms with E-state index in [4.69, 9.17) is 0 Å². The minimum atomic E-state index is -1.05. The van der Waals surface area contributed by atoms with Crippen LogP contribution in [-0.2, 0) is 21.5 Å². The van der Waals surface area contributed by atoms with E-state index in [-0.39, 0.29) is 12.5 Å². The lowest BCUT2D eigenvalue weighted by atomic mass is 9.92. The Hall–Kier alpha value is -3.26. The fourth-order valence-corrected chi connectivity index (χ4v) is 4.84. The molecule has 2 heterocycles. The summed E-state index contributed by atoms with van der Waals surface area (Å²) in [6, 6.07) is 14.6. The van der Waals surface area contributed by atoms with Gasteiger partial charge in [-0.3, -0.25) is 14.5 Å². The Bertz CT molecular complexity index is 1110. The smallest absolute Gasteiger partial charge is 0.319 e. The maximum absolute atomic E-state index is 13.1. The van der Waals surface area contributed by atoms with Crippen molar-refractivity contribution in [2.75, 3.05) is 11.9 Å². The number of amides is 4. The van der Waals surface area contributed by atoms with Crippen molar-refractivity contribution < 1.29 is 14.4 Å². The van der Waals surface area contributed by atoms with Gasteiger partial charge in [0, 0.05) is 0 Å². The molecule has 1 saturated heterocycles. The first-order valence-electron chi connectivity index (χ1n) is 8.95. The number of fused-ring (bicyclic) bond motifs is 3. The Balaban J connectivity index is 1.35. The predicted octanol–water partition coefficient (Wildman–Crippen LogP) is 2.63. The molecule has 0 unspecified atom stereocenters. The minimum Gasteiger partial charge on any atom is -0.319 e. The lowest BCUT2D eigenvalue weighted by Gasteiger charge is -2.22. The number of thiazole rings is 1. The zero-order valence-electron chi connectivity index (χ0n) is 14.8. The number of rotatable bonds is 3. The fourth-order valence-electron chi connectivity index (χ4n) is 3.96. The summed E-state index contributed by atoms with van der Waals surface area (Å²) in [7, 11) is 0. The summed E-state index contributed by atoms with van der Waals surface area (Å²) in [5.41, 5.74) is 1.61. The van der Waals surface area contributed by atoms with Crippen molar-refractivity contribution in [2.45, 2.75) is 18.4 Å². The van der Waals surface area contributed by atoms with Crippen LogP contribution in [-0.4, -0.2) is 34.3 Å². The summed E-state index contributed by atoms with van der Waals surface area (Å²) in [4.78, 5) is 43.4. The monoisotopic (exact) mass is 392 g/mol. The van der Waals surface area contributed by atoms with Crippen molar-refractivity contribution in [3.63, 3.8) is 0 Å². The second-order valence-electron chi connectivity index (χ2n) is 6.92. The number of imide groups is 1. The number of aromatic nitrogens is 1. The molecular formula is C20H16N4O3S. The quantitative estimate of drug-likeness (QED) is 0.671. The Morgan fingerprint density at radius 1 is 1.18 bits per heavy atom. The second-order valence-corrected chi connectivity index (χ2v) is 7.95. The topological polar surface area (TPSA) is 91.4 Å². The number of benzene rings is 2. The third kappa shape index (κ3) is 2.49. The van der Waals surface area contributed by atoms with Crippen molar-refractivity contribution in [3.05, 3.63) is 59.7 Å². The molecule has 3 aromatic rings. The molecule has 1 fully saturated rings. The number of aryl methyl sites for hydroxylation is 1. The number of hydrogen-bond donors (Lipinski definition) is 2. The number of nitrogens with one attached hydrogen (secondary N) is 2. The van der Waals surface area contributed by atoms with Crippen molar-refractivity contribution in [2.24, 2.45) is 0 Å². The number of hydrogen-bond acceptors (Lipinski definition) is 5. The molecule has 7 nitrogen and oxygen atoms in total. The summed E-state index contributed by atoms with van der Waals surface area (Å²) in [5.74, 6) is -0.826. The molecule has 1 aliphatic carbocycles. The molecule has 1 spiro atoms. The van der Waals surface area contributed by atoms with Gasteiger partial charge in [0.2, 0.25) is 5.91 Å². The summed E-state index contributed by atoms with van der Waals surface area (Å²) < 4.78 is 0.953. The number of carbonyl (C=O) groups excluding carboxylic acids is 3. The van der Waals surface area contributed by atoms with Gasteiger partial charge in [0.25, 0.3) is 5.91 Å². The first-order valence-corrected chi connectivity index (χ1v) is 9.76. The highest BCUT2D eigenvalue weighted by Crippen LogP contribution is 2.41. The van der Waals surface area contributed by atoms with Gasteiger partial charge in [-0.2, -0.15) is 0 Å². The van der Waals surface area contributed by atoms with Crippen LogP contribution in [0, 0.1) is 0 Å². The summed E-state index contributed by atoms with van der Waals surface area (Å²) in [5, 5.41) is 5.96. The molecule has 140 valence electrons. The van der Waals surface area contributed by atoms with E-state index in [0.717, 1.165) is 26.2 Å². The molecule has 4 amide bonds. The molecule has 2 aliphatic rings. The van der Waals surface area contributed by atoms with Gasteiger partial charge in [-0.05, 0) is 36.1 Å². The van der Waals surface area contributed by atoms with E-state index in [9.17, 15) is 14.4 Å². The first-order chi connectivity index (χ1) is 13.6. The van der Waals surface area contributed by atoms with Gasteiger partial charge in [0.15, 0.2) is 5.13 Å². The third-order valence-corrected chi connectivity index (χ3v) is 6.22. The molecule has 0 radical (unpaired) electrons. The van der Waals surface area contributed by atoms with E-state index < -0.39 is 17.5 Å². The van der Waals surface area contributed by atoms with Crippen LogP contribution in [0.15, 0.2) is 48.5 Å². The highest BCUT2D eigenvalue weighted by atomic mass is 32.1. The molecule has 2 N–H and O–H groups in total. The van der Waals surface area contributed by atoms with Gasteiger partial charge in [0.05, 0.1) is 10.2 Å². The van der Waals surface area contributed by atoms with E-state index in [1.807, 2.05) is 48.5 Å². The van der Waals surface area contributed by atoms with Gasteiger partial charge >= 0.3 is 6.03 Å². The van der Waals surface area contributed by atoms with E-state index in [2.05, 4.69) is 15.6 Å². The van der Waals surface area contributed by atoms with Gasteiger partial charge in [-0.1, -0.05) is 47.7 Å².